The Morgan fingerprint density at radius 3 is 1.48 bits per heavy atom. The summed E-state index contributed by atoms with van der Waals surface area (Å²) in [7, 11) is 0. The highest BCUT2D eigenvalue weighted by atomic mass is 16.7. The average Bonchev–Trinajstić information content (AvgIpc) is 3.22. The summed E-state index contributed by atoms with van der Waals surface area (Å²) in [6.07, 6.45) is 45.0. The summed E-state index contributed by atoms with van der Waals surface area (Å²) in [5.41, 5.74) is 1.46. The molecule has 0 aliphatic heterocycles. The number of aliphatic hydroxyl groups is 1. The van der Waals surface area contributed by atoms with Crippen LogP contribution in [0.15, 0.2) is 36.0 Å². The maximum absolute atomic E-state index is 12.8. The van der Waals surface area contributed by atoms with Crippen LogP contribution in [-0.4, -0.2) is 80.2 Å². The molecule has 0 saturated heterocycles. The van der Waals surface area contributed by atoms with Crippen molar-refractivity contribution in [3.63, 3.8) is 0 Å². The third-order valence-electron chi connectivity index (χ3n) is 20.8. The highest BCUT2D eigenvalue weighted by Crippen LogP contribution is 2.75. The molecule has 5 aliphatic carbocycles. The molecule has 6 N–H and O–H groups in total. The van der Waals surface area contributed by atoms with Crippen LogP contribution in [0.2, 0.25) is 0 Å². The van der Waals surface area contributed by atoms with E-state index in [0.29, 0.717) is 43.3 Å². The molecule has 0 amide bonds. The fourth-order valence-corrected chi connectivity index (χ4v) is 15.7. The second kappa shape index (κ2) is 35.2. The first-order chi connectivity index (χ1) is 37.5. The van der Waals surface area contributed by atoms with Crippen molar-refractivity contribution in [2.24, 2.45) is 56.7 Å². The van der Waals surface area contributed by atoms with Crippen LogP contribution < -0.4 is 0 Å². The molecule has 13 nitrogen and oxygen atoms in total. The molecule has 2 unspecified atom stereocenters. The Labute approximate surface area is 477 Å². The molecule has 13 heteroatoms. The van der Waals surface area contributed by atoms with E-state index in [1.54, 1.807) is 6.08 Å². The monoisotopic (exact) mass is 1110 g/mol. The molecular weight excluding hydrogens is 1000 g/mol. The molecule has 79 heavy (non-hydrogen) atoms. The zero-order valence-corrected chi connectivity index (χ0v) is 50.6. The number of hydrogen-bond donors (Lipinski definition) is 6. The van der Waals surface area contributed by atoms with Gasteiger partial charge >= 0.3 is 30.2 Å². The predicted molar refractivity (Wildman–Crippen MR) is 314 cm³/mol. The summed E-state index contributed by atoms with van der Waals surface area (Å²) in [5.74, 6) is 0.283. The van der Waals surface area contributed by atoms with Crippen molar-refractivity contribution in [2.75, 3.05) is 13.2 Å². The van der Waals surface area contributed by atoms with Crippen LogP contribution in [0.1, 0.15) is 273 Å². The number of allylic oxidation sites excluding steroid dienone is 5. The third-order valence-corrected chi connectivity index (χ3v) is 20.8. The summed E-state index contributed by atoms with van der Waals surface area (Å²) in [6, 6.07) is 0. The van der Waals surface area contributed by atoms with Crippen molar-refractivity contribution in [1.29, 1.82) is 0 Å². The minimum absolute atomic E-state index is 0.0302. The zero-order chi connectivity index (χ0) is 58.5. The number of aliphatic hydroxyl groups excluding tert-OH is 1. The van der Waals surface area contributed by atoms with Crippen LogP contribution >= 0.6 is 0 Å². The molecule has 5 aliphatic rings. The smallest absolute Gasteiger partial charge is 0.481 e. The number of ether oxygens (including phenoxy) is 2. The van der Waals surface area contributed by atoms with Crippen LogP contribution in [0.5, 0.6) is 0 Å². The molecular formula is C66H112O13. The molecule has 0 heterocycles. The first-order valence-electron chi connectivity index (χ1n) is 31.6. The van der Waals surface area contributed by atoms with Gasteiger partial charge in [0.1, 0.15) is 0 Å². The van der Waals surface area contributed by atoms with Crippen molar-refractivity contribution in [1.82, 2.24) is 0 Å². The van der Waals surface area contributed by atoms with Gasteiger partial charge in [-0.2, -0.15) is 0 Å². The summed E-state index contributed by atoms with van der Waals surface area (Å²) < 4.78 is 8.89. The van der Waals surface area contributed by atoms with E-state index >= 15 is 0 Å². The Kier molecular flexibility index (Phi) is 30.9. The third kappa shape index (κ3) is 21.1. The lowest BCUT2D eigenvalue weighted by Gasteiger charge is -2.71. The summed E-state index contributed by atoms with van der Waals surface area (Å²) in [5, 5.41) is 55.0. The molecule has 4 fully saturated rings. The molecule has 0 spiro atoms. The number of hydrogen-bond acceptors (Lipinski definition) is 8. The second-order valence-electron chi connectivity index (χ2n) is 26.2. The van der Waals surface area contributed by atoms with Crippen molar-refractivity contribution < 1.29 is 64.1 Å². The normalized spacial score (nSPS) is 29.5. The van der Waals surface area contributed by atoms with Crippen LogP contribution in [0.3, 0.4) is 0 Å². The van der Waals surface area contributed by atoms with Gasteiger partial charge < -0.3 is 40.1 Å². The van der Waals surface area contributed by atoms with Crippen LogP contribution in [0.4, 0.5) is 9.59 Å². The second-order valence-corrected chi connectivity index (χ2v) is 26.2. The molecule has 0 bridgehead atoms. The minimum atomic E-state index is -1.19. The molecule has 0 radical (unpaired) electrons. The van der Waals surface area contributed by atoms with Crippen LogP contribution in [0, 0.1) is 56.7 Å². The fraction of sp³-hybridized carbons (Fsp3) is 0.833. The number of carboxylic acid groups (broad SMARTS) is 5. The van der Waals surface area contributed by atoms with E-state index < -0.39 is 35.6 Å². The summed E-state index contributed by atoms with van der Waals surface area (Å²) in [4.78, 5) is 53.6. The van der Waals surface area contributed by atoms with Crippen LogP contribution in [-0.2, 0) is 23.9 Å². The number of unbranched alkanes of at least 4 members (excludes halogenated alkanes) is 22. The van der Waals surface area contributed by atoms with E-state index in [9.17, 15) is 34.2 Å². The Hall–Kier alpha value is -3.87. The number of rotatable bonds is 33. The predicted octanol–water partition coefficient (Wildman–Crippen LogP) is 17.9. The minimum Gasteiger partial charge on any atom is -0.481 e. The fourth-order valence-electron chi connectivity index (χ4n) is 15.7. The highest BCUT2D eigenvalue weighted by Gasteiger charge is 2.69. The number of aliphatic carboxylic acids is 3. The lowest BCUT2D eigenvalue weighted by molar-refractivity contribution is -0.206. The quantitative estimate of drug-likeness (QED) is 0.0156. The van der Waals surface area contributed by atoms with Gasteiger partial charge in [0, 0.05) is 12.5 Å². The van der Waals surface area contributed by atoms with Crippen molar-refractivity contribution in [3.05, 3.63) is 36.0 Å². The van der Waals surface area contributed by atoms with Gasteiger partial charge in [-0.3, -0.25) is 9.59 Å². The molecule has 5 rings (SSSR count). The van der Waals surface area contributed by atoms with E-state index in [0.717, 1.165) is 128 Å². The first-order valence-corrected chi connectivity index (χ1v) is 31.6. The zero-order valence-electron chi connectivity index (χ0n) is 50.6. The Morgan fingerprint density at radius 2 is 1.01 bits per heavy atom. The summed E-state index contributed by atoms with van der Waals surface area (Å²) in [6.45, 7) is 17.6. The summed E-state index contributed by atoms with van der Waals surface area (Å²) >= 11 is 0. The van der Waals surface area contributed by atoms with Crippen molar-refractivity contribution in [2.45, 2.75) is 279 Å². The largest absolute Gasteiger partial charge is 0.505 e. The van der Waals surface area contributed by atoms with Crippen LogP contribution in [0.25, 0.3) is 0 Å². The van der Waals surface area contributed by atoms with Crippen molar-refractivity contribution in [3.8, 4) is 0 Å². The first kappa shape index (κ1) is 69.4. The van der Waals surface area contributed by atoms with Gasteiger partial charge in [-0.05, 0) is 167 Å². The maximum atomic E-state index is 12.8. The molecule has 10 atom stereocenters. The molecule has 0 aromatic rings. The topological polar surface area (TPSA) is 225 Å². The van der Waals surface area contributed by atoms with E-state index in [4.69, 9.17) is 20.4 Å². The SMILES string of the molecule is C[C@H]1[C@H](C)CC[C@]2(C(=O)O)CC[C@]3(C)C(=CCC4[C@@]5(C)CC[C@H](O)C(C)(C)C5CC[C@]43C)[C@H]12.O=C(O)C=CCCCCCCCCCCCCCCC(=O)O.O=C(O)OCCCCCCCC=CCCCCCCCOC(=O)O. The standard InChI is InChI=1S/C30H48O3.C18H32O6.C18H32O4/c1-18-10-15-30(25(32)33)17-16-28(6)20(24(30)19(18)2)8-9-22-27(5)13-12-23(31)26(3,4)21(27)11-14-29(22,28)7;19-17(20)23-15-13-11-9-7-5-3-1-2-4-6-8-10-12-14-16-24-18(21)22;19-17(20)15-13-11-9-7-5-3-1-2-4-6-8-10-12-14-16-18(21)22/h8,18-19,21-24,31H,9-17H2,1-7H3,(H,32,33);1-2H,3-16H2,(H,19,20)(H,21,22);13,15H,1-12,14,16H2,(H,19,20)(H,21,22)/t18-,19+,21?,22?,23+,24+,27+,28-,29-,30+;;/m1../s1. The number of carboxylic acids is 3. The number of fused-ring (bicyclic) bond motifs is 7. The van der Waals surface area contributed by atoms with E-state index in [1.165, 1.54) is 102 Å². The van der Waals surface area contributed by atoms with Gasteiger partial charge in [-0.25, -0.2) is 14.4 Å². The maximum Gasteiger partial charge on any atom is 0.505 e. The Bertz CT molecular complexity index is 1890. The van der Waals surface area contributed by atoms with Gasteiger partial charge in [0.05, 0.1) is 24.7 Å². The molecule has 454 valence electrons. The highest BCUT2D eigenvalue weighted by molar-refractivity contribution is 5.79. The van der Waals surface area contributed by atoms with Gasteiger partial charge in [0.25, 0.3) is 0 Å². The van der Waals surface area contributed by atoms with Gasteiger partial charge in [-0.15, -0.1) is 0 Å². The number of carbonyl (C=O) groups is 5. The van der Waals surface area contributed by atoms with Gasteiger partial charge in [0.2, 0.25) is 0 Å². The van der Waals surface area contributed by atoms with E-state index in [2.05, 4.69) is 76.2 Å². The Balaban J connectivity index is 0.000000322. The van der Waals surface area contributed by atoms with E-state index in [1.807, 2.05) is 0 Å². The average molecular weight is 1110 g/mol. The van der Waals surface area contributed by atoms with Gasteiger partial charge in [-0.1, -0.05) is 181 Å². The van der Waals surface area contributed by atoms with Crippen molar-refractivity contribution >= 4 is 30.2 Å². The molecule has 0 aromatic carbocycles. The Morgan fingerprint density at radius 1 is 0.544 bits per heavy atom. The molecule has 4 saturated carbocycles. The molecule has 0 aromatic heterocycles. The van der Waals surface area contributed by atoms with Gasteiger partial charge in [0.15, 0.2) is 0 Å². The van der Waals surface area contributed by atoms with E-state index in [-0.39, 0.29) is 33.7 Å². The lowest BCUT2D eigenvalue weighted by atomic mass is 9.33. The lowest BCUT2D eigenvalue weighted by Crippen LogP contribution is -2.65.